The molecule has 0 atom stereocenters. The average molecular weight is 439 g/mol. The fourth-order valence-electron chi connectivity index (χ4n) is 2.98. The van der Waals surface area contributed by atoms with Gasteiger partial charge in [-0.25, -0.2) is 19.9 Å². The van der Waals surface area contributed by atoms with Crippen LogP contribution in [0.25, 0.3) is 23.4 Å². The van der Waals surface area contributed by atoms with E-state index in [0.717, 1.165) is 22.1 Å². The molecular weight excluding hydrogens is 419 g/mol. The molecule has 0 aliphatic carbocycles. The van der Waals surface area contributed by atoms with Crippen LogP contribution in [-0.4, -0.2) is 37.8 Å². The number of nitrogens with one attached hydrogen (secondary N) is 1. The van der Waals surface area contributed by atoms with Crippen LogP contribution >= 0.6 is 18.7 Å². The maximum absolute atomic E-state index is 12.2. The first kappa shape index (κ1) is 20.3. The largest absolute Gasteiger partial charge is 0.338 e. The van der Waals surface area contributed by atoms with Crippen LogP contribution in [0.3, 0.4) is 0 Å². The van der Waals surface area contributed by atoms with Gasteiger partial charge in [-0.2, -0.15) is 0 Å². The van der Waals surface area contributed by atoms with Crippen LogP contribution in [-0.2, 0) is 4.57 Å². The summed E-state index contributed by atoms with van der Waals surface area (Å²) < 4.78 is 14.0. The molecule has 9 heteroatoms. The maximum Gasteiger partial charge on any atom is 0.169 e. The molecule has 7 nitrogen and oxygen atoms in total. The van der Waals surface area contributed by atoms with E-state index in [9.17, 15) is 4.57 Å². The maximum atomic E-state index is 12.2. The van der Waals surface area contributed by atoms with Gasteiger partial charge in [0.25, 0.3) is 0 Å². The Morgan fingerprint density at radius 3 is 2.53 bits per heavy atom. The number of hydrogen-bond donors (Lipinski definition) is 1. The van der Waals surface area contributed by atoms with Crippen molar-refractivity contribution in [3.63, 3.8) is 0 Å². The molecule has 0 radical (unpaired) electrons. The highest BCUT2D eigenvalue weighted by Crippen LogP contribution is 2.35. The van der Waals surface area contributed by atoms with E-state index in [1.165, 1.54) is 6.33 Å². The molecule has 4 rings (SSSR count). The average Bonchev–Trinajstić information content (AvgIpc) is 3.12. The molecule has 1 N–H and O–H groups in total. The van der Waals surface area contributed by atoms with Gasteiger partial charge in [0.1, 0.15) is 24.9 Å². The minimum atomic E-state index is -2.29. The van der Waals surface area contributed by atoms with Crippen LogP contribution in [0.4, 0.5) is 11.5 Å². The smallest absolute Gasteiger partial charge is 0.169 e. The Hall–Kier alpha value is -3.02. The summed E-state index contributed by atoms with van der Waals surface area (Å²) in [6.45, 7) is 5.48. The lowest BCUT2D eigenvalue weighted by atomic mass is 10.1. The zero-order valence-electron chi connectivity index (χ0n) is 16.7. The normalized spacial score (nSPS) is 12.0. The SMILES string of the molecule is Cc1ccnc(Cl)c1C=Cn1cnc2c(Nc3ccc(P(C)(C)=O)cc3)ncnc21. The third kappa shape index (κ3) is 4.13. The number of halogens is 1. The van der Waals surface area contributed by atoms with Crippen LogP contribution in [0.1, 0.15) is 11.1 Å². The lowest BCUT2D eigenvalue weighted by molar-refractivity contribution is 0.588. The number of aryl methyl sites for hydroxylation is 1. The van der Waals surface area contributed by atoms with Gasteiger partial charge in [-0.15, -0.1) is 0 Å². The molecule has 3 heterocycles. The Kier molecular flexibility index (Phi) is 5.41. The molecule has 1 aromatic carbocycles. The van der Waals surface area contributed by atoms with E-state index in [-0.39, 0.29) is 0 Å². The third-order valence-corrected chi connectivity index (χ3v) is 6.51. The van der Waals surface area contributed by atoms with E-state index in [2.05, 4.69) is 25.3 Å². The lowest BCUT2D eigenvalue weighted by Gasteiger charge is -2.09. The highest BCUT2D eigenvalue weighted by Gasteiger charge is 2.12. The van der Waals surface area contributed by atoms with Crippen LogP contribution in [0.15, 0.2) is 49.2 Å². The minimum absolute atomic E-state index is 0.444. The van der Waals surface area contributed by atoms with Crippen molar-refractivity contribution in [3.05, 3.63) is 65.5 Å². The molecule has 152 valence electrons. The molecule has 0 saturated heterocycles. The summed E-state index contributed by atoms with van der Waals surface area (Å²) in [4.78, 5) is 17.3. The number of imidazole rings is 1. The second-order valence-electron chi connectivity index (χ2n) is 7.22. The van der Waals surface area contributed by atoms with Gasteiger partial charge in [0, 0.05) is 29.0 Å². The van der Waals surface area contributed by atoms with Crippen molar-refractivity contribution in [2.45, 2.75) is 6.92 Å². The summed E-state index contributed by atoms with van der Waals surface area (Å²) in [5, 5.41) is 4.54. The fraction of sp³-hybridized carbons (Fsp3) is 0.143. The van der Waals surface area contributed by atoms with Crippen molar-refractivity contribution in [1.82, 2.24) is 24.5 Å². The van der Waals surface area contributed by atoms with Gasteiger partial charge in [0.2, 0.25) is 0 Å². The number of hydrogen-bond acceptors (Lipinski definition) is 6. The van der Waals surface area contributed by atoms with Gasteiger partial charge in [-0.3, -0.25) is 4.57 Å². The molecule has 3 aromatic heterocycles. The molecule has 0 unspecified atom stereocenters. The summed E-state index contributed by atoms with van der Waals surface area (Å²) in [5.74, 6) is 0.590. The highest BCUT2D eigenvalue weighted by molar-refractivity contribution is 7.70. The van der Waals surface area contributed by atoms with Gasteiger partial charge in [-0.1, -0.05) is 11.6 Å². The molecule has 0 spiro atoms. The molecule has 0 saturated carbocycles. The number of aromatic nitrogens is 5. The third-order valence-electron chi connectivity index (χ3n) is 4.67. The van der Waals surface area contributed by atoms with E-state index in [0.29, 0.717) is 22.1 Å². The van der Waals surface area contributed by atoms with Gasteiger partial charge in [0.05, 0.1) is 0 Å². The predicted octanol–water partition coefficient (Wildman–Crippen LogP) is 4.80. The Morgan fingerprint density at radius 1 is 1.07 bits per heavy atom. The number of pyridine rings is 1. The molecule has 4 aromatic rings. The summed E-state index contributed by atoms with van der Waals surface area (Å²) in [6, 6.07) is 9.40. The number of fused-ring (bicyclic) bond motifs is 1. The summed E-state index contributed by atoms with van der Waals surface area (Å²) in [7, 11) is -2.29. The van der Waals surface area contributed by atoms with Gasteiger partial charge in [-0.05, 0) is 62.2 Å². The first-order valence-electron chi connectivity index (χ1n) is 9.22. The van der Waals surface area contributed by atoms with Gasteiger partial charge < -0.3 is 9.88 Å². The molecule has 0 aliphatic rings. The lowest BCUT2D eigenvalue weighted by Crippen LogP contribution is -2.03. The van der Waals surface area contributed by atoms with Crippen molar-refractivity contribution < 1.29 is 4.57 Å². The van der Waals surface area contributed by atoms with Crippen LogP contribution < -0.4 is 10.6 Å². The molecular formula is C21H20ClN6OP. The first-order valence-corrected chi connectivity index (χ1v) is 12.2. The number of nitrogens with zero attached hydrogens (tertiary/aromatic N) is 5. The van der Waals surface area contributed by atoms with E-state index in [1.54, 1.807) is 30.4 Å². The predicted molar refractivity (Wildman–Crippen MR) is 123 cm³/mol. The molecule has 0 bridgehead atoms. The van der Waals surface area contributed by atoms with Crippen LogP contribution in [0.2, 0.25) is 5.15 Å². The van der Waals surface area contributed by atoms with E-state index in [4.69, 9.17) is 11.6 Å². The Morgan fingerprint density at radius 2 is 1.83 bits per heavy atom. The summed E-state index contributed by atoms with van der Waals surface area (Å²) >= 11 is 6.20. The standard InChI is InChI=1S/C21H20ClN6OP/c1-14-8-10-23-19(22)17(14)9-11-28-13-26-18-20(24-12-25-21(18)28)27-15-4-6-16(7-5-15)30(2,3)29/h4-13H,1-3H3,(H,24,25,27). The highest BCUT2D eigenvalue weighted by atomic mass is 35.5. The van der Waals surface area contributed by atoms with E-state index >= 15 is 0 Å². The quantitative estimate of drug-likeness (QED) is 0.356. The second-order valence-corrected chi connectivity index (χ2v) is 10.8. The van der Waals surface area contributed by atoms with Crippen molar-refractivity contribution in [3.8, 4) is 0 Å². The minimum Gasteiger partial charge on any atom is -0.338 e. The molecule has 0 fully saturated rings. The fourth-order valence-corrected chi connectivity index (χ4v) is 4.12. The molecule has 0 amide bonds. The zero-order chi connectivity index (χ0) is 21.3. The van der Waals surface area contributed by atoms with Gasteiger partial charge >= 0.3 is 0 Å². The molecule has 0 aliphatic heterocycles. The number of benzene rings is 1. The zero-order valence-corrected chi connectivity index (χ0v) is 18.4. The second kappa shape index (κ2) is 8.01. The van der Waals surface area contributed by atoms with Crippen LogP contribution in [0, 0.1) is 6.92 Å². The summed E-state index contributed by atoms with van der Waals surface area (Å²) in [6.07, 6.45) is 8.57. The summed E-state index contributed by atoms with van der Waals surface area (Å²) in [5.41, 5.74) is 3.99. The Labute approximate surface area is 179 Å². The Bertz CT molecular complexity index is 1270. The van der Waals surface area contributed by atoms with Crippen molar-refractivity contribution in [2.24, 2.45) is 0 Å². The van der Waals surface area contributed by atoms with Crippen molar-refractivity contribution in [2.75, 3.05) is 18.6 Å². The van der Waals surface area contributed by atoms with Crippen molar-refractivity contribution >= 4 is 59.0 Å². The Balaban J connectivity index is 1.64. The van der Waals surface area contributed by atoms with Crippen LogP contribution in [0.5, 0.6) is 0 Å². The van der Waals surface area contributed by atoms with E-state index < -0.39 is 7.14 Å². The van der Waals surface area contributed by atoms with Crippen molar-refractivity contribution in [1.29, 1.82) is 0 Å². The monoisotopic (exact) mass is 438 g/mol. The number of rotatable bonds is 5. The molecule has 30 heavy (non-hydrogen) atoms. The van der Waals surface area contributed by atoms with Gasteiger partial charge in [0.15, 0.2) is 17.0 Å². The number of anilines is 2. The topological polar surface area (TPSA) is 85.6 Å². The first-order chi connectivity index (χ1) is 14.3. The van der Waals surface area contributed by atoms with E-state index in [1.807, 2.05) is 49.5 Å².